The van der Waals surface area contributed by atoms with Crippen LogP contribution < -0.4 is 9.64 Å². The maximum Gasteiger partial charge on any atom is 0.343 e. The van der Waals surface area contributed by atoms with Crippen LogP contribution in [-0.2, 0) is 0 Å². The Morgan fingerprint density at radius 2 is 1.50 bits per heavy atom. The van der Waals surface area contributed by atoms with Gasteiger partial charge >= 0.3 is 5.97 Å². The number of imide groups is 1. The zero-order valence-corrected chi connectivity index (χ0v) is 15.7. The largest absolute Gasteiger partial charge is 0.421 e. The van der Waals surface area contributed by atoms with Crippen molar-refractivity contribution < 1.29 is 19.1 Å². The summed E-state index contributed by atoms with van der Waals surface area (Å²) >= 11 is 11.9. The SMILES string of the molecule is O=C(Oc1ccc(Cl)cc1Cl)c1cccc(N2C(=O)c3ccccc3C2=O)c1. The average molecular weight is 412 g/mol. The molecule has 0 unspecified atom stereocenters. The van der Waals surface area contributed by atoms with Crippen molar-refractivity contribution in [1.82, 2.24) is 0 Å². The fourth-order valence-electron chi connectivity index (χ4n) is 2.91. The lowest BCUT2D eigenvalue weighted by Gasteiger charge is -2.15. The summed E-state index contributed by atoms with van der Waals surface area (Å²) in [5.74, 6) is -1.40. The van der Waals surface area contributed by atoms with E-state index in [0.717, 1.165) is 4.90 Å². The summed E-state index contributed by atoms with van der Waals surface area (Å²) in [6.45, 7) is 0. The third-order valence-corrected chi connectivity index (χ3v) is 4.76. The quantitative estimate of drug-likeness (QED) is 0.345. The molecule has 0 aromatic heterocycles. The van der Waals surface area contributed by atoms with Gasteiger partial charge in [-0.3, -0.25) is 9.59 Å². The summed E-state index contributed by atoms with van der Waals surface area (Å²) in [6, 6.07) is 17.2. The van der Waals surface area contributed by atoms with E-state index >= 15 is 0 Å². The van der Waals surface area contributed by atoms with Crippen LogP contribution in [0.4, 0.5) is 5.69 Å². The van der Waals surface area contributed by atoms with Crippen molar-refractivity contribution in [1.29, 1.82) is 0 Å². The minimum absolute atomic E-state index is 0.155. The van der Waals surface area contributed by atoms with Crippen molar-refractivity contribution in [2.75, 3.05) is 4.90 Å². The van der Waals surface area contributed by atoms with Gasteiger partial charge in [0, 0.05) is 5.02 Å². The van der Waals surface area contributed by atoms with Crippen molar-refractivity contribution in [3.05, 3.63) is 93.5 Å². The molecule has 0 saturated carbocycles. The second-order valence-electron chi connectivity index (χ2n) is 6.01. The zero-order chi connectivity index (χ0) is 19.8. The van der Waals surface area contributed by atoms with Crippen molar-refractivity contribution >= 4 is 46.7 Å². The minimum atomic E-state index is -0.678. The average Bonchev–Trinajstić information content (AvgIpc) is 2.95. The Labute approximate surface area is 170 Å². The molecule has 28 heavy (non-hydrogen) atoms. The lowest BCUT2D eigenvalue weighted by atomic mass is 10.1. The standard InChI is InChI=1S/C21H11Cl2NO4/c22-13-8-9-18(17(23)11-13)28-21(27)12-4-3-5-14(10-12)24-19(25)15-6-1-2-7-16(15)20(24)26/h1-11H. The molecule has 1 aliphatic rings. The molecule has 0 aliphatic carbocycles. The van der Waals surface area contributed by atoms with Crippen LogP contribution in [0, 0.1) is 0 Å². The van der Waals surface area contributed by atoms with Crippen molar-refractivity contribution in [2.24, 2.45) is 0 Å². The van der Waals surface area contributed by atoms with Crippen molar-refractivity contribution in [3.8, 4) is 5.75 Å². The minimum Gasteiger partial charge on any atom is -0.421 e. The van der Waals surface area contributed by atoms with E-state index < -0.39 is 17.8 Å². The van der Waals surface area contributed by atoms with E-state index in [2.05, 4.69) is 0 Å². The zero-order valence-electron chi connectivity index (χ0n) is 14.2. The molecule has 0 atom stereocenters. The van der Waals surface area contributed by atoms with Crippen LogP contribution in [0.15, 0.2) is 66.7 Å². The van der Waals surface area contributed by atoms with Gasteiger partial charge in [0.15, 0.2) is 0 Å². The van der Waals surface area contributed by atoms with Crippen LogP contribution in [0.5, 0.6) is 5.75 Å². The van der Waals surface area contributed by atoms with Gasteiger partial charge in [0.25, 0.3) is 11.8 Å². The molecule has 0 spiro atoms. The van der Waals surface area contributed by atoms with Gasteiger partial charge in [-0.25, -0.2) is 9.69 Å². The highest BCUT2D eigenvalue weighted by atomic mass is 35.5. The van der Waals surface area contributed by atoms with Gasteiger partial charge in [-0.2, -0.15) is 0 Å². The van der Waals surface area contributed by atoms with Gasteiger partial charge in [-0.05, 0) is 48.5 Å². The summed E-state index contributed by atoms with van der Waals surface area (Å²) in [5.41, 5.74) is 1.10. The third-order valence-electron chi connectivity index (χ3n) is 4.23. The summed E-state index contributed by atoms with van der Waals surface area (Å²) in [6.07, 6.45) is 0. The molecule has 4 rings (SSSR count). The van der Waals surface area contributed by atoms with E-state index in [1.807, 2.05) is 0 Å². The second kappa shape index (κ2) is 7.11. The number of hydrogen-bond donors (Lipinski definition) is 0. The number of amides is 2. The van der Waals surface area contributed by atoms with Crippen molar-refractivity contribution in [2.45, 2.75) is 0 Å². The molecule has 0 N–H and O–H groups in total. The predicted molar refractivity (Wildman–Crippen MR) is 105 cm³/mol. The van der Waals surface area contributed by atoms with E-state index in [4.69, 9.17) is 27.9 Å². The fraction of sp³-hybridized carbons (Fsp3) is 0. The van der Waals surface area contributed by atoms with E-state index in [-0.39, 0.29) is 22.0 Å². The molecular formula is C21H11Cl2NO4. The van der Waals surface area contributed by atoms with Gasteiger partial charge in [-0.15, -0.1) is 0 Å². The molecule has 7 heteroatoms. The second-order valence-corrected chi connectivity index (χ2v) is 6.85. The number of halogens is 2. The molecule has 0 radical (unpaired) electrons. The normalized spacial score (nSPS) is 12.9. The highest BCUT2D eigenvalue weighted by Gasteiger charge is 2.36. The molecule has 0 fully saturated rings. The van der Waals surface area contributed by atoms with Crippen LogP contribution >= 0.6 is 23.2 Å². The number of hydrogen-bond acceptors (Lipinski definition) is 4. The topological polar surface area (TPSA) is 63.7 Å². The van der Waals surface area contributed by atoms with Gasteiger partial charge < -0.3 is 4.74 Å². The Balaban J connectivity index is 1.63. The number of ether oxygens (including phenoxy) is 1. The molecule has 1 aliphatic heterocycles. The maximum absolute atomic E-state index is 12.6. The van der Waals surface area contributed by atoms with Crippen LogP contribution in [0.2, 0.25) is 10.0 Å². The van der Waals surface area contributed by atoms with Crippen LogP contribution in [0.25, 0.3) is 0 Å². The van der Waals surface area contributed by atoms with Gasteiger partial charge in [0.2, 0.25) is 0 Å². The van der Waals surface area contributed by atoms with E-state index in [1.54, 1.807) is 42.5 Å². The Hall–Kier alpha value is -3.15. The first kappa shape index (κ1) is 18.2. The summed E-state index contributed by atoms with van der Waals surface area (Å²) in [4.78, 5) is 38.8. The van der Waals surface area contributed by atoms with Gasteiger partial charge in [-0.1, -0.05) is 41.4 Å². The van der Waals surface area contributed by atoms with E-state index in [0.29, 0.717) is 16.1 Å². The lowest BCUT2D eigenvalue weighted by molar-refractivity contribution is 0.0733. The number of fused-ring (bicyclic) bond motifs is 1. The molecule has 0 saturated heterocycles. The lowest BCUT2D eigenvalue weighted by Crippen LogP contribution is -2.29. The number of rotatable bonds is 3. The highest BCUT2D eigenvalue weighted by molar-refractivity contribution is 6.36. The maximum atomic E-state index is 12.6. The summed E-state index contributed by atoms with van der Waals surface area (Å²) in [5, 5.41) is 0.606. The Morgan fingerprint density at radius 1 is 0.821 bits per heavy atom. The molecule has 3 aromatic carbocycles. The van der Waals surface area contributed by atoms with Gasteiger partial charge in [0.05, 0.1) is 27.4 Å². The van der Waals surface area contributed by atoms with E-state index in [1.165, 1.54) is 24.3 Å². The number of anilines is 1. The number of carbonyl (C=O) groups excluding carboxylic acids is 3. The Bertz CT molecular complexity index is 1110. The first-order valence-corrected chi connectivity index (χ1v) is 8.96. The third kappa shape index (κ3) is 3.15. The predicted octanol–water partition coefficient (Wildman–Crippen LogP) is 5.01. The van der Waals surface area contributed by atoms with Crippen LogP contribution in [0.3, 0.4) is 0 Å². The highest BCUT2D eigenvalue weighted by Crippen LogP contribution is 2.30. The smallest absolute Gasteiger partial charge is 0.343 e. The molecule has 5 nitrogen and oxygen atoms in total. The first-order chi connectivity index (χ1) is 13.5. The van der Waals surface area contributed by atoms with Crippen LogP contribution in [0.1, 0.15) is 31.1 Å². The molecule has 0 bridgehead atoms. The van der Waals surface area contributed by atoms with Gasteiger partial charge in [0.1, 0.15) is 5.75 Å². The molecular weight excluding hydrogens is 401 g/mol. The number of benzene rings is 3. The van der Waals surface area contributed by atoms with E-state index in [9.17, 15) is 14.4 Å². The Morgan fingerprint density at radius 3 is 2.14 bits per heavy atom. The van der Waals surface area contributed by atoms with Crippen LogP contribution in [-0.4, -0.2) is 17.8 Å². The Kier molecular flexibility index (Phi) is 4.63. The number of carbonyl (C=O) groups is 3. The number of nitrogens with zero attached hydrogens (tertiary/aromatic N) is 1. The van der Waals surface area contributed by atoms with Crippen molar-refractivity contribution in [3.63, 3.8) is 0 Å². The summed E-state index contributed by atoms with van der Waals surface area (Å²) in [7, 11) is 0. The monoisotopic (exact) mass is 411 g/mol. The molecule has 138 valence electrons. The first-order valence-electron chi connectivity index (χ1n) is 8.21. The fourth-order valence-corrected chi connectivity index (χ4v) is 3.36. The molecule has 2 amide bonds. The molecule has 1 heterocycles. The number of esters is 1. The molecule has 3 aromatic rings. The summed E-state index contributed by atoms with van der Waals surface area (Å²) < 4.78 is 5.30.